The molecule has 0 unspecified atom stereocenters. The second-order valence-corrected chi connectivity index (χ2v) is 1.37. The van der Waals surface area contributed by atoms with Crippen LogP contribution in [-0.2, 0) is 0 Å². The maximum absolute atomic E-state index is 2.08. The Balaban J connectivity index is 3.14. The first kappa shape index (κ1) is 4.80. The van der Waals surface area contributed by atoms with Crippen LogP contribution in [0.4, 0.5) is 0 Å². The van der Waals surface area contributed by atoms with Crippen LogP contribution in [0.15, 0.2) is 11.5 Å². The van der Waals surface area contributed by atoms with Crippen molar-refractivity contribution in [3.63, 3.8) is 0 Å². The third-order valence-electron chi connectivity index (χ3n) is 0.577. The SMILES string of the molecule is B/C(C)=C\C. The molecule has 0 aromatic heterocycles. The zero-order chi connectivity index (χ0) is 4.28. The molecular formula is C4H9B. The van der Waals surface area contributed by atoms with Crippen LogP contribution in [0.5, 0.6) is 0 Å². The molecule has 0 amide bonds. The van der Waals surface area contributed by atoms with Gasteiger partial charge in [-0.05, 0) is 6.92 Å². The van der Waals surface area contributed by atoms with Gasteiger partial charge >= 0.3 is 0 Å². The summed E-state index contributed by atoms with van der Waals surface area (Å²) in [5.74, 6) is 0. The topological polar surface area (TPSA) is 0 Å². The summed E-state index contributed by atoms with van der Waals surface area (Å²) in [5.41, 5.74) is 1.38. The maximum Gasteiger partial charge on any atom is 0.133 e. The first-order valence-corrected chi connectivity index (χ1v) is 1.87. The van der Waals surface area contributed by atoms with Gasteiger partial charge in [-0.25, -0.2) is 0 Å². The van der Waals surface area contributed by atoms with E-state index < -0.39 is 0 Å². The van der Waals surface area contributed by atoms with Crippen molar-refractivity contribution in [3.05, 3.63) is 11.5 Å². The second-order valence-electron chi connectivity index (χ2n) is 1.37. The van der Waals surface area contributed by atoms with E-state index in [0.29, 0.717) is 0 Å². The average molecular weight is 67.9 g/mol. The molecule has 0 aromatic carbocycles. The van der Waals surface area contributed by atoms with E-state index >= 15 is 0 Å². The van der Waals surface area contributed by atoms with Crippen LogP contribution in [0.1, 0.15) is 13.8 Å². The van der Waals surface area contributed by atoms with Gasteiger partial charge in [-0.3, -0.25) is 0 Å². The third kappa shape index (κ3) is 3.80. The molecule has 0 spiro atoms. The van der Waals surface area contributed by atoms with Gasteiger partial charge in [0.1, 0.15) is 7.85 Å². The van der Waals surface area contributed by atoms with Crippen LogP contribution in [0.2, 0.25) is 0 Å². The van der Waals surface area contributed by atoms with E-state index in [1.54, 1.807) is 0 Å². The van der Waals surface area contributed by atoms with Crippen molar-refractivity contribution >= 4 is 7.85 Å². The number of allylic oxidation sites excluding steroid dienone is 2. The highest BCUT2D eigenvalue weighted by Gasteiger charge is 1.61. The van der Waals surface area contributed by atoms with Crippen molar-refractivity contribution < 1.29 is 0 Å². The smallest absolute Gasteiger partial charge is 0.117 e. The molecule has 0 aliphatic carbocycles. The van der Waals surface area contributed by atoms with Gasteiger partial charge in [0.05, 0.1) is 0 Å². The van der Waals surface area contributed by atoms with Gasteiger partial charge in [-0.2, -0.15) is 0 Å². The molecule has 1 heteroatoms. The predicted molar refractivity (Wildman–Crippen MR) is 28.0 cm³/mol. The predicted octanol–water partition coefficient (Wildman–Crippen LogP) is 0.543. The lowest BCUT2D eigenvalue weighted by Crippen LogP contribution is -1.62. The molecule has 28 valence electrons. The molecule has 0 saturated heterocycles. The zero-order valence-corrected chi connectivity index (χ0v) is 4.08. The highest BCUT2D eigenvalue weighted by Crippen LogP contribution is 1.76. The van der Waals surface area contributed by atoms with Crippen molar-refractivity contribution in [2.24, 2.45) is 0 Å². The van der Waals surface area contributed by atoms with Gasteiger partial charge in [-0.15, -0.1) is 5.47 Å². The summed E-state index contributed by atoms with van der Waals surface area (Å²) in [6, 6.07) is 0. The monoisotopic (exact) mass is 68.1 g/mol. The Morgan fingerprint density at radius 3 is 2.00 bits per heavy atom. The average Bonchev–Trinajstić information content (AvgIpc) is 1.38. The van der Waals surface area contributed by atoms with Crippen molar-refractivity contribution in [2.45, 2.75) is 13.8 Å². The summed E-state index contributed by atoms with van der Waals surface area (Å²) in [6.45, 7) is 4.12. The molecule has 0 aromatic rings. The zero-order valence-electron chi connectivity index (χ0n) is 4.08. The van der Waals surface area contributed by atoms with E-state index in [9.17, 15) is 0 Å². The molecule has 5 heavy (non-hydrogen) atoms. The molecule has 0 nitrogen and oxygen atoms in total. The van der Waals surface area contributed by atoms with Crippen LogP contribution in [0.3, 0.4) is 0 Å². The van der Waals surface area contributed by atoms with E-state index in [2.05, 4.69) is 20.8 Å². The Kier molecular flexibility index (Phi) is 1.99. The lowest BCUT2D eigenvalue weighted by molar-refractivity contribution is 1.59. The molecule has 0 aliphatic rings. The van der Waals surface area contributed by atoms with Crippen molar-refractivity contribution in [2.75, 3.05) is 0 Å². The summed E-state index contributed by atoms with van der Waals surface area (Å²) >= 11 is 0. The molecule has 0 N–H and O–H groups in total. The highest BCUT2D eigenvalue weighted by molar-refractivity contribution is 6.21. The van der Waals surface area contributed by atoms with E-state index in [1.807, 2.05) is 6.92 Å². The molecular weight excluding hydrogens is 58.9 g/mol. The van der Waals surface area contributed by atoms with Gasteiger partial charge < -0.3 is 0 Å². The van der Waals surface area contributed by atoms with Gasteiger partial charge in [0, 0.05) is 0 Å². The molecule has 0 heterocycles. The molecule has 0 saturated carbocycles. The van der Waals surface area contributed by atoms with E-state index in [-0.39, 0.29) is 0 Å². The Morgan fingerprint density at radius 2 is 2.00 bits per heavy atom. The minimum Gasteiger partial charge on any atom is -0.117 e. The van der Waals surface area contributed by atoms with Crippen LogP contribution in [-0.4, -0.2) is 7.85 Å². The summed E-state index contributed by atoms with van der Waals surface area (Å²) in [5, 5.41) is 0. The highest BCUT2D eigenvalue weighted by atomic mass is 13.6. The summed E-state index contributed by atoms with van der Waals surface area (Å²) in [7, 11) is 2.08. The van der Waals surface area contributed by atoms with E-state index in [1.165, 1.54) is 5.47 Å². The maximum atomic E-state index is 2.08. The second kappa shape index (κ2) is 2.07. The fourth-order valence-corrected chi connectivity index (χ4v) is 0. The Morgan fingerprint density at radius 1 is 1.80 bits per heavy atom. The lowest BCUT2D eigenvalue weighted by Gasteiger charge is -1.73. The normalized spacial score (nSPS) is 12.0. The molecule has 0 rings (SSSR count). The largest absolute Gasteiger partial charge is 0.133 e. The van der Waals surface area contributed by atoms with Crippen molar-refractivity contribution in [1.29, 1.82) is 0 Å². The Bertz CT molecular complexity index is 41.6. The van der Waals surface area contributed by atoms with Gasteiger partial charge in [0.25, 0.3) is 0 Å². The molecule has 0 fully saturated rings. The van der Waals surface area contributed by atoms with Crippen LogP contribution in [0, 0.1) is 0 Å². The van der Waals surface area contributed by atoms with Crippen LogP contribution >= 0.6 is 0 Å². The summed E-state index contributed by atoms with van der Waals surface area (Å²) < 4.78 is 0. The lowest BCUT2D eigenvalue weighted by atomic mass is 9.98. The summed E-state index contributed by atoms with van der Waals surface area (Å²) in [4.78, 5) is 0. The van der Waals surface area contributed by atoms with E-state index in [0.717, 1.165) is 0 Å². The van der Waals surface area contributed by atoms with Crippen molar-refractivity contribution in [3.8, 4) is 0 Å². The number of hydrogen-bond acceptors (Lipinski definition) is 0. The molecule has 0 aliphatic heterocycles. The quantitative estimate of drug-likeness (QED) is 0.363. The molecule has 0 atom stereocenters. The Labute approximate surface area is 34.3 Å². The minimum absolute atomic E-state index is 1.38. The van der Waals surface area contributed by atoms with E-state index in [4.69, 9.17) is 0 Å². The number of hydrogen-bond donors (Lipinski definition) is 0. The third-order valence-corrected chi connectivity index (χ3v) is 0.577. The van der Waals surface area contributed by atoms with Crippen LogP contribution < -0.4 is 0 Å². The fraction of sp³-hybridized carbons (Fsp3) is 0.500. The first-order valence-electron chi connectivity index (χ1n) is 1.87. The van der Waals surface area contributed by atoms with Crippen LogP contribution in [0.25, 0.3) is 0 Å². The van der Waals surface area contributed by atoms with Gasteiger partial charge in [0.15, 0.2) is 0 Å². The minimum atomic E-state index is 1.38. The fourth-order valence-electron chi connectivity index (χ4n) is 0. The first-order chi connectivity index (χ1) is 2.27. The molecule has 0 bridgehead atoms. The number of rotatable bonds is 0. The standard InChI is InChI=1S/C4H9B/c1-3-4(2)5/h3H,5H2,1-2H3/b4-3-. The van der Waals surface area contributed by atoms with Crippen molar-refractivity contribution in [1.82, 2.24) is 0 Å². The Hall–Kier alpha value is -0.195. The van der Waals surface area contributed by atoms with Gasteiger partial charge in [-0.1, -0.05) is 13.0 Å². The van der Waals surface area contributed by atoms with Gasteiger partial charge in [0.2, 0.25) is 0 Å². The summed E-state index contributed by atoms with van der Waals surface area (Å²) in [6.07, 6.45) is 2.08. The molecule has 0 radical (unpaired) electrons.